The van der Waals surface area contributed by atoms with Crippen molar-refractivity contribution in [2.45, 2.75) is 0 Å². The third kappa shape index (κ3) is 6.04. The molecule has 2 aromatic heterocycles. The van der Waals surface area contributed by atoms with E-state index in [1.54, 1.807) is 35.4 Å². The number of hydrogen-bond acceptors (Lipinski definition) is 3. The minimum Gasteiger partial charge on any atom is -0.286 e. The van der Waals surface area contributed by atoms with Gasteiger partial charge < -0.3 is 0 Å². The van der Waals surface area contributed by atoms with Crippen LogP contribution in [0.25, 0.3) is 22.3 Å². The Labute approximate surface area is 169 Å². The van der Waals surface area contributed by atoms with Gasteiger partial charge >= 0.3 is 0 Å². The first-order valence-electron chi connectivity index (χ1n) is 8.91. The SMILES string of the molecule is c1ccc(-c2ccccc2-c2ccccc2)cc1.c1cn[nH]c1.c1cscn1. The number of aromatic amines is 1. The van der Waals surface area contributed by atoms with Crippen molar-refractivity contribution < 1.29 is 0 Å². The number of rotatable bonds is 2. The number of benzene rings is 3. The Hall–Kier alpha value is -3.50. The van der Waals surface area contributed by atoms with Crippen molar-refractivity contribution in [3.05, 3.63) is 120 Å². The first-order chi connectivity index (χ1) is 13.9. The molecule has 3 aromatic carbocycles. The van der Waals surface area contributed by atoms with Crippen LogP contribution in [0.4, 0.5) is 0 Å². The van der Waals surface area contributed by atoms with E-state index in [-0.39, 0.29) is 0 Å². The molecule has 0 unspecified atom stereocenters. The fraction of sp³-hybridized carbons (Fsp3) is 0. The highest BCUT2D eigenvalue weighted by atomic mass is 32.1. The van der Waals surface area contributed by atoms with Gasteiger partial charge in [-0.2, -0.15) is 5.10 Å². The summed E-state index contributed by atoms with van der Waals surface area (Å²) in [6, 6.07) is 31.4. The van der Waals surface area contributed by atoms with Gasteiger partial charge in [-0.25, -0.2) is 0 Å². The molecule has 5 aromatic rings. The Morgan fingerprint density at radius 3 is 1.50 bits per heavy atom. The molecule has 0 radical (unpaired) electrons. The summed E-state index contributed by atoms with van der Waals surface area (Å²) >= 11 is 1.60. The van der Waals surface area contributed by atoms with E-state index < -0.39 is 0 Å². The van der Waals surface area contributed by atoms with E-state index in [1.165, 1.54) is 22.3 Å². The van der Waals surface area contributed by atoms with Crippen molar-refractivity contribution in [3.8, 4) is 22.3 Å². The lowest BCUT2D eigenvalue weighted by Gasteiger charge is -2.09. The number of hydrogen-bond donors (Lipinski definition) is 1. The summed E-state index contributed by atoms with van der Waals surface area (Å²) in [6.45, 7) is 0. The van der Waals surface area contributed by atoms with Crippen LogP contribution < -0.4 is 0 Å². The van der Waals surface area contributed by atoms with Gasteiger partial charge in [-0.15, -0.1) is 11.3 Å². The average Bonchev–Trinajstić information content (AvgIpc) is 3.54. The number of aromatic nitrogens is 3. The van der Waals surface area contributed by atoms with Crippen LogP contribution in [0, 0.1) is 0 Å². The second-order valence-electron chi connectivity index (χ2n) is 5.72. The molecule has 0 aliphatic rings. The fourth-order valence-electron chi connectivity index (χ4n) is 2.61. The van der Waals surface area contributed by atoms with E-state index >= 15 is 0 Å². The van der Waals surface area contributed by atoms with Crippen LogP contribution >= 0.6 is 11.3 Å². The maximum atomic E-state index is 3.74. The van der Waals surface area contributed by atoms with Crippen molar-refractivity contribution in [1.82, 2.24) is 15.2 Å². The molecule has 2 heterocycles. The van der Waals surface area contributed by atoms with Gasteiger partial charge in [0.05, 0.1) is 5.51 Å². The molecule has 1 N–H and O–H groups in total. The molecule has 0 atom stereocenters. The lowest BCUT2D eigenvalue weighted by molar-refractivity contribution is 1.09. The molecule has 0 spiro atoms. The zero-order valence-corrected chi connectivity index (χ0v) is 16.2. The first kappa shape index (κ1) is 19.3. The quantitative estimate of drug-likeness (QED) is 0.374. The number of H-pyrrole nitrogens is 1. The summed E-state index contributed by atoms with van der Waals surface area (Å²) in [5.74, 6) is 0. The summed E-state index contributed by atoms with van der Waals surface area (Å²) in [7, 11) is 0. The Bertz CT molecular complexity index is 877. The van der Waals surface area contributed by atoms with Gasteiger partial charge in [-0.1, -0.05) is 84.9 Å². The van der Waals surface area contributed by atoms with E-state index in [4.69, 9.17) is 0 Å². The molecule has 0 amide bonds. The molecule has 0 aliphatic heterocycles. The topological polar surface area (TPSA) is 41.6 Å². The zero-order chi connectivity index (χ0) is 19.3. The second-order valence-corrected chi connectivity index (χ2v) is 6.47. The summed E-state index contributed by atoms with van der Waals surface area (Å²) in [6.07, 6.45) is 5.23. The molecule has 0 fully saturated rings. The molecule has 0 saturated carbocycles. The van der Waals surface area contributed by atoms with Crippen molar-refractivity contribution >= 4 is 11.3 Å². The van der Waals surface area contributed by atoms with E-state index in [2.05, 4.69) is 100 Å². The van der Waals surface area contributed by atoms with E-state index in [1.807, 2.05) is 11.4 Å². The number of nitrogens with one attached hydrogen (secondary N) is 1. The number of nitrogens with zero attached hydrogens (tertiary/aromatic N) is 2. The largest absolute Gasteiger partial charge is 0.286 e. The molecule has 5 rings (SSSR count). The molecule has 3 nitrogen and oxygen atoms in total. The van der Waals surface area contributed by atoms with Crippen LogP contribution in [0.3, 0.4) is 0 Å². The van der Waals surface area contributed by atoms with Crippen LogP contribution in [-0.4, -0.2) is 15.2 Å². The van der Waals surface area contributed by atoms with Gasteiger partial charge in [0.2, 0.25) is 0 Å². The van der Waals surface area contributed by atoms with Crippen LogP contribution in [0.15, 0.2) is 120 Å². The smallest absolute Gasteiger partial charge is 0.0791 e. The van der Waals surface area contributed by atoms with Gasteiger partial charge in [0, 0.05) is 24.0 Å². The summed E-state index contributed by atoms with van der Waals surface area (Å²) in [5, 5.41) is 8.14. The lowest BCUT2D eigenvalue weighted by Crippen LogP contribution is -1.83. The second kappa shape index (κ2) is 11.3. The molecular weight excluding hydrogens is 362 g/mol. The Kier molecular flexibility index (Phi) is 7.75. The van der Waals surface area contributed by atoms with Gasteiger partial charge in [0.25, 0.3) is 0 Å². The maximum absolute atomic E-state index is 3.74. The van der Waals surface area contributed by atoms with Crippen LogP contribution in [0.1, 0.15) is 0 Å². The summed E-state index contributed by atoms with van der Waals surface area (Å²) in [4.78, 5) is 3.74. The van der Waals surface area contributed by atoms with Gasteiger partial charge in [-0.05, 0) is 28.3 Å². The van der Waals surface area contributed by atoms with Crippen molar-refractivity contribution in [2.75, 3.05) is 0 Å². The van der Waals surface area contributed by atoms with E-state index in [9.17, 15) is 0 Å². The predicted molar refractivity (Wildman–Crippen MR) is 118 cm³/mol. The molecule has 4 heteroatoms. The highest BCUT2D eigenvalue weighted by Crippen LogP contribution is 2.31. The molecule has 0 aliphatic carbocycles. The average molecular weight is 384 g/mol. The van der Waals surface area contributed by atoms with Crippen molar-refractivity contribution in [3.63, 3.8) is 0 Å². The van der Waals surface area contributed by atoms with Crippen LogP contribution in [-0.2, 0) is 0 Å². The predicted octanol–water partition coefficient (Wildman–Crippen LogP) is 6.57. The first-order valence-corrected chi connectivity index (χ1v) is 9.85. The van der Waals surface area contributed by atoms with Gasteiger partial charge in [-0.3, -0.25) is 10.1 Å². The zero-order valence-electron chi connectivity index (χ0n) is 15.3. The standard InChI is InChI=1S/C18H14.C3H4N2.C3H3NS/c1-3-9-15(10-4-1)17-13-7-8-14-18(17)16-11-5-2-6-12-16;1-2-4-5-3-1;1-2-5-3-4-1/h1-14H;1-3H,(H,4,5);1-3H. The monoisotopic (exact) mass is 383 g/mol. The maximum Gasteiger partial charge on any atom is 0.0791 e. The van der Waals surface area contributed by atoms with Crippen LogP contribution in [0.2, 0.25) is 0 Å². The Balaban J connectivity index is 0.000000183. The third-order valence-electron chi connectivity index (χ3n) is 3.85. The van der Waals surface area contributed by atoms with Crippen molar-refractivity contribution in [2.24, 2.45) is 0 Å². The Morgan fingerprint density at radius 1 is 0.607 bits per heavy atom. The molecule has 138 valence electrons. The summed E-state index contributed by atoms with van der Waals surface area (Å²) in [5.41, 5.74) is 6.88. The normalized spacial score (nSPS) is 9.43. The fourth-order valence-corrected chi connectivity index (χ4v) is 2.96. The molecule has 0 saturated heterocycles. The molecule has 28 heavy (non-hydrogen) atoms. The van der Waals surface area contributed by atoms with E-state index in [0.717, 1.165) is 0 Å². The molecule has 0 bridgehead atoms. The van der Waals surface area contributed by atoms with E-state index in [0.29, 0.717) is 0 Å². The third-order valence-corrected chi connectivity index (χ3v) is 4.37. The van der Waals surface area contributed by atoms with Crippen LogP contribution in [0.5, 0.6) is 0 Å². The minimum atomic E-state index is 1.26. The number of thiazole rings is 1. The highest BCUT2D eigenvalue weighted by Gasteiger charge is 2.05. The van der Waals surface area contributed by atoms with Gasteiger partial charge in [0.1, 0.15) is 0 Å². The van der Waals surface area contributed by atoms with Crippen molar-refractivity contribution in [1.29, 1.82) is 0 Å². The minimum absolute atomic E-state index is 1.26. The molecular formula is C24H21N3S. The Morgan fingerprint density at radius 2 is 1.18 bits per heavy atom. The van der Waals surface area contributed by atoms with Gasteiger partial charge in [0.15, 0.2) is 0 Å². The lowest BCUT2D eigenvalue weighted by atomic mass is 9.95. The highest BCUT2D eigenvalue weighted by molar-refractivity contribution is 7.07. The summed E-state index contributed by atoms with van der Waals surface area (Å²) < 4.78 is 0.